The van der Waals surface area contributed by atoms with Crippen molar-refractivity contribution >= 4 is 17.0 Å². The average Bonchev–Trinajstić information content (AvgIpc) is 3.70. The zero-order valence-electron chi connectivity index (χ0n) is 33.4. The molecule has 0 amide bonds. The molecule has 276 valence electrons. The van der Waals surface area contributed by atoms with Gasteiger partial charge >= 0.3 is 37.9 Å². The van der Waals surface area contributed by atoms with Crippen LogP contribution in [0.2, 0.25) is 0 Å². The van der Waals surface area contributed by atoms with Gasteiger partial charge in [0.15, 0.2) is 0 Å². The number of rotatable bonds is 8. The normalized spacial score (nSPS) is 26.9. The van der Waals surface area contributed by atoms with E-state index in [-0.39, 0.29) is 31.1 Å². The van der Waals surface area contributed by atoms with Gasteiger partial charge in [0.25, 0.3) is 0 Å². The number of allylic oxidation sites excluding steroid dienone is 9. The van der Waals surface area contributed by atoms with E-state index in [9.17, 15) is 0 Å². The van der Waals surface area contributed by atoms with Crippen LogP contribution in [0.1, 0.15) is 98.6 Å². The number of benzene rings is 2. The average molecular weight is 805 g/mol. The van der Waals surface area contributed by atoms with Crippen molar-refractivity contribution in [3.63, 3.8) is 0 Å². The molecule has 6 atom stereocenters. The third-order valence-corrected chi connectivity index (χ3v) is 12.8. The summed E-state index contributed by atoms with van der Waals surface area (Å²) in [4.78, 5) is 0. The molecule has 0 nitrogen and oxygen atoms in total. The monoisotopic (exact) mass is 802 g/mol. The van der Waals surface area contributed by atoms with Crippen molar-refractivity contribution in [1.29, 1.82) is 0 Å². The van der Waals surface area contributed by atoms with Crippen LogP contribution in [0, 0.1) is 72.5 Å². The summed E-state index contributed by atoms with van der Waals surface area (Å²) in [6, 6.07) is 23.7. The third kappa shape index (κ3) is 8.95. The Morgan fingerprint density at radius 2 is 1.08 bits per heavy atom. The summed E-state index contributed by atoms with van der Waals surface area (Å²) in [5, 5.41) is 0. The molecular weight excluding hydrogens is 739 g/mol. The second-order valence-electron chi connectivity index (χ2n) is 18.0. The first-order chi connectivity index (χ1) is 23.2. The molecule has 0 aliphatic heterocycles. The van der Waals surface area contributed by atoms with E-state index in [1.165, 1.54) is 48.0 Å². The summed E-state index contributed by atoms with van der Waals surface area (Å²) in [6.07, 6.45) is 24.1. The van der Waals surface area contributed by atoms with E-state index in [1.807, 2.05) is 0 Å². The van der Waals surface area contributed by atoms with Gasteiger partial charge < -0.3 is 14.9 Å². The summed E-state index contributed by atoms with van der Waals surface area (Å²) in [7, 11) is 9.87. The van der Waals surface area contributed by atoms with Crippen LogP contribution in [0.15, 0.2) is 121 Å². The van der Waals surface area contributed by atoms with Crippen molar-refractivity contribution in [2.24, 2.45) is 57.7 Å². The van der Waals surface area contributed by atoms with Crippen LogP contribution >= 0.6 is 17.0 Å². The second kappa shape index (κ2) is 17.8. The Labute approximate surface area is 333 Å². The number of fused-ring (bicyclic) bond motifs is 3. The Hall–Kier alpha value is -1.40. The fourth-order valence-corrected chi connectivity index (χ4v) is 10.3. The van der Waals surface area contributed by atoms with Crippen LogP contribution in [0.25, 0.3) is 0 Å². The summed E-state index contributed by atoms with van der Waals surface area (Å²) in [6.45, 7) is 23.5. The summed E-state index contributed by atoms with van der Waals surface area (Å²) >= 11 is -0.826. The first kappa shape index (κ1) is 44.0. The summed E-state index contributed by atoms with van der Waals surface area (Å²) < 4.78 is 0. The first-order valence-corrected chi connectivity index (χ1v) is 25.0. The van der Waals surface area contributed by atoms with Crippen molar-refractivity contribution in [2.75, 3.05) is 0 Å². The van der Waals surface area contributed by atoms with Gasteiger partial charge in [-0.05, 0) is 112 Å². The quantitative estimate of drug-likeness (QED) is 0.184. The van der Waals surface area contributed by atoms with Gasteiger partial charge in [-0.3, -0.25) is 0 Å². The van der Waals surface area contributed by atoms with E-state index in [0.717, 1.165) is 12.3 Å². The van der Waals surface area contributed by atoms with E-state index >= 15 is 0 Å². The molecule has 6 rings (SSSR count). The molecule has 6 unspecified atom stereocenters. The van der Waals surface area contributed by atoms with Crippen molar-refractivity contribution in [2.45, 2.75) is 92.9 Å². The maximum absolute atomic E-state index is 4.93. The second-order valence-corrected chi connectivity index (χ2v) is 21.7. The standard InChI is InChI=1S/C46H60.2CH3.2ClH.Zr/c1-10-11-28-45(8,9)36-22-23-37(29-36)46(32-18-14-12-15-19-32,33-20-16-13-17-21-33)42-40-30-34(43(2,3)4)24-26-38(40)39-27-25-35(31-41(39)42)44(5,6)7;;;;;/h10,12-21,24-27,30-31,36-42H,1,11,22-23,28-29H2,2-9H3;2*1H3;2*1H;/q;2*-1;;;+4/p-2. The molecule has 4 aliphatic rings. The number of hydrogen-bond acceptors (Lipinski definition) is 0. The van der Waals surface area contributed by atoms with Gasteiger partial charge in [-0.2, -0.15) is 0 Å². The summed E-state index contributed by atoms with van der Waals surface area (Å²) in [5.74, 6) is 3.73. The van der Waals surface area contributed by atoms with Gasteiger partial charge in [-0.15, -0.1) is 6.58 Å². The van der Waals surface area contributed by atoms with Crippen molar-refractivity contribution in [3.05, 3.63) is 147 Å². The van der Waals surface area contributed by atoms with Crippen molar-refractivity contribution < 1.29 is 20.8 Å². The molecule has 0 heterocycles. The van der Waals surface area contributed by atoms with Gasteiger partial charge in [0.1, 0.15) is 0 Å². The predicted octanol–water partition coefficient (Wildman–Crippen LogP) is 14.8. The van der Waals surface area contributed by atoms with E-state index in [0.29, 0.717) is 40.9 Å². The molecule has 0 saturated heterocycles. The molecular formula is C48H66Cl2Zr. The van der Waals surface area contributed by atoms with Crippen LogP contribution < -0.4 is 0 Å². The van der Waals surface area contributed by atoms with Gasteiger partial charge in [-0.1, -0.05) is 159 Å². The van der Waals surface area contributed by atoms with Gasteiger partial charge in [0.05, 0.1) is 0 Å². The van der Waals surface area contributed by atoms with Crippen molar-refractivity contribution in [3.8, 4) is 0 Å². The molecule has 3 heteroatoms. The molecule has 2 fully saturated rings. The molecule has 0 spiro atoms. The maximum atomic E-state index is 4.93. The SMILES string of the molecule is C=CCCC(C)(C)C1CCC(C(c2ccccc2)(c2ccccc2)C2C3C=C(C(C)(C)C)C=CC3C3C=CC(C(C)(C)C)=CC32)C1.[CH3-].[CH3-].[Cl][Zr+2][Cl]. The fraction of sp³-hybridized carbons (Fsp3) is 0.500. The zero-order valence-corrected chi connectivity index (χ0v) is 37.3. The Morgan fingerprint density at radius 1 is 0.667 bits per heavy atom. The number of hydrogen-bond donors (Lipinski definition) is 0. The Balaban J connectivity index is 0.00000136. The summed E-state index contributed by atoms with van der Waals surface area (Å²) in [5.41, 5.74) is 6.53. The predicted molar refractivity (Wildman–Crippen MR) is 223 cm³/mol. The Kier molecular flexibility index (Phi) is 15.4. The van der Waals surface area contributed by atoms with Gasteiger partial charge in [0.2, 0.25) is 0 Å². The van der Waals surface area contributed by atoms with Gasteiger partial charge in [-0.25, -0.2) is 0 Å². The fourth-order valence-electron chi connectivity index (χ4n) is 10.3. The van der Waals surface area contributed by atoms with Crippen LogP contribution in [0.4, 0.5) is 0 Å². The van der Waals surface area contributed by atoms with E-state index < -0.39 is 20.8 Å². The molecule has 0 aromatic heterocycles. The van der Waals surface area contributed by atoms with E-state index in [2.05, 4.69) is 165 Å². The van der Waals surface area contributed by atoms with Gasteiger partial charge in [0, 0.05) is 5.41 Å². The molecule has 2 saturated carbocycles. The van der Waals surface area contributed by atoms with E-state index in [1.54, 1.807) is 0 Å². The zero-order chi connectivity index (χ0) is 35.6. The molecule has 0 bridgehead atoms. The Morgan fingerprint density at radius 3 is 1.47 bits per heavy atom. The van der Waals surface area contributed by atoms with Crippen molar-refractivity contribution in [1.82, 2.24) is 0 Å². The van der Waals surface area contributed by atoms with Crippen LogP contribution in [0.3, 0.4) is 0 Å². The minimum absolute atomic E-state index is 0. The van der Waals surface area contributed by atoms with E-state index in [4.69, 9.17) is 17.0 Å². The van der Waals surface area contributed by atoms with Crippen LogP contribution in [-0.4, -0.2) is 0 Å². The Bertz CT molecular complexity index is 1440. The molecule has 0 radical (unpaired) electrons. The molecule has 2 aromatic rings. The van der Waals surface area contributed by atoms with Crippen LogP contribution in [-0.2, 0) is 26.3 Å². The minimum atomic E-state index is -0.826. The molecule has 0 N–H and O–H groups in total. The molecule has 51 heavy (non-hydrogen) atoms. The van der Waals surface area contributed by atoms with Crippen LogP contribution in [0.5, 0.6) is 0 Å². The molecule has 2 aromatic carbocycles. The third-order valence-electron chi connectivity index (χ3n) is 12.8. The first-order valence-electron chi connectivity index (χ1n) is 18.7. The molecule has 4 aliphatic carbocycles. The topological polar surface area (TPSA) is 0 Å². The number of halogens is 2.